The summed E-state index contributed by atoms with van der Waals surface area (Å²) in [5.74, 6) is 0.373. The lowest BCUT2D eigenvalue weighted by Gasteiger charge is -2.34. The Morgan fingerprint density at radius 2 is 2.00 bits per heavy atom. The van der Waals surface area contributed by atoms with E-state index in [2.05, 4.69) is 15.3 Å². The fourth-order valence-electron chi connectivity index (χ4n) is 3.51. The van der Waals surface area contributed by atoms with Gasteiger partial charge in [-0.2, -0.15) is 4.31 Å². The van der Waals surface area contributed by atoms with Gasteiger partial charge in [-0.05, 0) is 49.9 Å². The Morgan fingerprint density at radius 3 is 2.68 bits per heavy atom. The topological polar surface area (TPSA) is 92.3 Å². The molecule has 10 heteroatoms. The number of carbonyl (C=O) groups is 1. The van der Waals surface area contributed by atoms with Gasteiger partial charge in [-0.25, -0.2) is 18.4 Å². The molecule has 0 unspecified atom stereocenters. The molecule has 0 aliphatic carbocycles. The number of hydrogen-bond donors (Lipinski definition) is 1. The summed E-state index contributed by atoms with van der Waals surface area (Å²) < 4.78 is 27.8. The first-order valence-corrected chi connectivity index (χ1v) is 13.3. The Labute approximate surface area is 193 Å². The van der Waals surface area contributed by atoms with Crippen molar-refractivity contribution < 1.29 is 13.2 Å². The van der Waals surface area contributed by atoms with Crippen molar-refractivity contribution in [2.75, 3.05) is 17.6 Å². The van der Waals surface area contributed by atoms with Crippen molar-refractivity contribution in [1.82, 2.24) is 14.3 Å². The van der Waals surface area contributed by atoms with Crippen LogP contribution >= 0.6 is 23.4 Å². The first-order chi connectivity index (χ1) is 14.9. The molecule has 2 heterocycles. The van der Waals surface area contributed by atoms with Crippen LogP contribution in [0.25, 0.3) is 0 Å². The van der Waals surface area contributed by atoms with Gasteiger partial charge in [-0.3, -0.25) is 4.79 Å². The van der Waals surface area contributed by atoms with Crippen molar-refractivity contribution in [3.63, 3.8) is 0 Å². The lowest BCUT2D eigenvalue weighted by Crippen LogP contribution is -2.43. The van der Waals surface area contributed by atoms with Gasteiger partial charge in [0, 0.05) is 24.0 Å². The number of hydrogen-bond acceptors (Lipinski definition) is 6. The third-order valence-corrected chi connectivity index (χ3v) is 8.45. The van der Waals surface area contributed by atoms with Gasteiger partial charge in [0.15, 0.2) is 10.9 Å². The summed E-state index contributed by atoms with van der Waals surface area (Å²) in [5, 5.41) is 3.38. The van der Waals surface area contributed by atoms with E-state index < -0.39 is 15.9 Å². The van der Waals surface area contributed by atoms with Crippen LogP contribution in [0.15, 0.2) is 40.5 Å². The highest BCUT2D eigenvalue weighted by atomic mass is 35.5. The van der Waals surface area contributed by atoms with Gasteiger partial charge in [0.2, 0.25) is 10.0 Å². The summed E-state index contributed by atoms with van der Waals surface area (Å²) in [6.45, 7) is 4.61. The van der Waals surface area contributed by atoms with Crippen LogP contribution < -0.4 is 5.32 Å². The van der Waals surface area contributed by atoms with Crippen molar-refractivity contribution in [2.45, 2.75) is 62.0 Å². The molecule has 1 atom stereocenters. The quantitative estimate of drug-likeness (QED) is 0.427. The van der Waals surface area contributed by atoms with Crippen LogP contribution in [0.1, 0.15) is 56.4 Å². The van der Waals surface area contributed by atoms with Crippen molar-refractivity contribution in [3.05, 3.63) is 41.2 Å². The molecule has 1 aliphatic heterocycles. The van der Waals surface area contributed by atoms with E-state index in [0.29, 0.717) is 17.4 Å². The first-order valence-electron chi connectivity index (χ1n) is 10.5. The number of sulfonamides is 1. The van der Waals surface area contributed by atoms with Crippen LogP contribution in [-0.4, -0.2) is 46.9 Å². The first kappa shape index (κ1) is 24.0. The van der Waals surface area contributed by atoms with Gasteiger partial charge in [-0.1, -0.05) is 43.6 Å². The van der Waals surface area contributed by atoms with Crippen LogP contribution in [0, 0.1) is 0 Å². The molecule has 7 nitrogen and oxygen atoms in total. The van der Waals surface area contributed by atoms with Crippen LogP contribution in [0.5, 0.6) is 0 Å². The second-order valence-electron chi connectivity index (χ2n) is 7.35. The van der Waals surface area contributed by atoms with Crippen LogP contribution in [0.2, 0.25) is 5.02 Å². The third kappa shape index (κ3) is 5.77. The summed E-state index contributed by atoms with van der Waals surface area (Å²) in [7, 11) is -3.57. The SMILES string of the molecule is CCCSc1ncc(Cl)c(C(=O)Nc2ccc(S(=O)(=O)N3CCCC[C@H]3CC)cc2)n1. The maximum Gasteiger partial charge on any atom is 0.275 e. The number of carbonyl (C=O) groups excluding carboxylic acids is 1. The predicted octanol–water partition coefficient (Wildman–Crippen LogP) is 4.84. The molecule has 0 radical (unpaired) electrons. The molecular formula is C21H27ClN4O3S2. The molecule has 0 saturated carbocycles. The molecule has 1 aliphatic rings. The fraction of sp³-hybridized carbons (Fsp3) is 0.476. The number of anilines is 1. The van der Waals surface area contributed by atoms with E-state index >= 15 is 0 Å². The largest absolute Gasteiger partial charge is 0.321 e. The average Bonchev–Trinajstić information content (AvgIpc) is 2.78. The van der Waals surface area contributed by atoms with Gasteiger partial charge in [0.1, 0.15) is 0 Å². The number of halogens is 1. The Balaban J connectivity index is 1.74. The zero-order valence-electron chi connectivity index (χ0n) is 17.7. The van der Waals surface area contributed by atoms with Crippen molar-refractivity contribution in [2.24, 2.45) is 0 Å². The maximum absolute atomic E-state index is 13.1. The predicted molar refractivity (Wildman–Crippen MR) is 124 cm³/mol. The number of thioether (sulfide) groups is 1. The molecule has 168 valence electrons. The fourth-order valence-corrected chi connectivity index (χ4v) is 6.12. The van der Waals surface area contributed by atoms with E-state index in [1.54, 1.807) is 16.4 Å². The van der Waals surface area contributed by atoms with Crippen molar-refractivity contribution >= 4 is 45.0 Å². The van der Waals surface area contributed by atoms with E-state index in [0.717, 1.165) is 37.9 Å². The molecule has 1 saturated heterocycles. The van der Waals surface area contributed by atoms with Gasteiger partial charge < -0.3 is 5.32 Å². The summed E-state index contributed by atoms with van der Waals surface area (Å²) in [6.07, 6.45) is 6.00. The van der Waals surface area contributed by atoms with Gasteiger partial charge >= 0.3 is 0 Å². The highest BCUT2D eigenvalue weighted by Gasteiger charge is 2.32. The maximum atomic E-state index is 13.1. The zero-order valence-corrected chi connectivity index (χ0v) is 20.1. The molecule has 3 rings (SSSR count). The minimum atomic E-state index is -3.57. The normalized spacial score (nSPS) is 17.5. The molecule has 1 N–H and O–H groups in total. The van der Waals surface area contributed by atoms with E-state index in [9.17, 15) is 13.2 Å². The van der Waals surface area contributed by atoms with Crippen molar-refractivity contribution in [3.8, 4) is 0 Å². The second-order valence-corrected chi connectivity index (χ2v) is 10.7. The molecule has 0 spiro atoms. The number of nitrogens with one attached hydrogen (secondary N) is 1. The number of piperidine rings is 1. The van der Waals surface area contributed by atoms with E-state index in [-0.39, 0.29) is 21.7 Å². The Bertz CT molecular complexity index is 1020. The van der Waals surface area contributed by atoms with Gasteiger partial charge in [0.05, 0.1) is 16.1 Å². The summed E-state index contributed by atoms with van der Waals surface area (Å²) in [5.41, 5.74) is 0.554. The lowest BCUT2D eigenvalue weighted by molar-refractivity contribution is 0.102. The van der Waals surface area contributed by atoms with E-state index in [1.165, 1.54) is 30.1 Å². The molecule has 1 amide bonds. The lowest BCUT2D eigenvalue weighted by atomic mass is 10.0. The third-order valence-electron chi connectivity index (χ3n) is 5.14. The Morgan fingerprint density at radius 1 is 1.26 bits per heavy atom. The Kier molecular flexibility index (Phi) is 8.32. The van der Waals surface area contributed by atoms with Gasteiger partial charge in [0.25, 0.3) is 5.91 Å². The smallest absolute Gasteiger partial charge is 0.275 e. The molecular weight excluding hydrogens is 456 g/mol. The number of amides is 1. The summed E-state index contributed by atoms with van der Waals surface area (Å²) >= 11 is 7.56. The Hall–Kier alpha value is -1.68. The highest BCUT2D eigenvalue weighted by Crippen LogP contribution is 2.28. The zero-order chi connectivity index (χ0) is 22.4. The van der Waals surface area contributed by atoms with E-state index in [4.69, 9.17) is 11.6 Å². The van der Waals surface area contributed by atoms with Gasteiger partial charge in [-0.15, -0.1) is 0 Å². The second kappa shape index (κ2) is 10.8. The minimum absolute atomic E-state index is 0.0396. The number of nitrogens with zero attached hydrogens (tertiary/aromatic N) is 3. The van der Waals surface area contributed by atoms with Crippen LogP contribution in [-0.2, 0) is 10.0 Å². The number of aromatic nitrogens is 2. The van der Waals surface area contributed by atoms with E-state index in [1.807, 2.05) is 13.8 Å². The molecule has 1 aromatic carbocycles. The molecule has 2 aromatic rings. The van der Waals surface area contributed by atoms with Crippen LogP contribution in [0.4, 0.5) is 5.69 Å². The summed E-state index contributed by atoms with van der Waals surface area (Å²) in [4.78, 5) is 21.3. The monoisotopic (exact) mass is 482 g/mol. The van der Waals surface area contributed by atoms with Crippen molar-refractivity contribution in [1.29, 1.82) is 0 Å². The highest BCUT2D eigenvalue weighted by molar-refractivity contribution is 7.99. The average molecular weight is 483 g/mol. The minimum Gasteiger partial charge on any atom is -0.321 e. The molecule has 31 heavy (non-hydrogen) atoms. The summed E-state index contributed by atoms with van der Waals surface area (Å²) in [6, 6.07) is 6.25. The molecule has 1 fully saturated rings. The standard InChI is InChI=1S/C21H27ClN4O3S2/c1-3-13-30-21-23-14-18(22)19(25-21)20(27)24-15-8-10-17(11-9-15)31(28,29)26-12-6-5-7-16(26)4-2/h8-11,14,16H,3-7,12-13H2,1-2H3,(H,24,27)/t16-/m1/s1. The molecule has 0 bridgehead atoms. The number of rotatable bonds is 8. The van der Waals surface area contributed by atoms with Crippen LogP contribution in [0.3, 0.4) is 0 Å². The number of benzene rings is 1. The molecule has 1 aromatic heterocycles.